The van der Waals surface area contributed by atoms with Crippen molar-refractivity contribution in [1.29, 1.82) is 0 Å². The number of amides is 1. The highest BCUT2D eigenvalue weighted by atomic mass is 79.9. The Balaban J connectivity index is 1.94. The molecule has 0 aliphatic carbocycles. The van der Waals surface area contributed by atoms with Crippen molar-refractivity contribution in [2.75, 3.05) is 6.54 Å². The second-order valence-corrected chi connectivity index (χ2v) is 7.96. The van der Waals surface area contributed by atoms with Crippen LogP contribution in [0.4, 0.5) is 10.1 Å². The lowest BCUT2D eigenvalue weighted by molar-refractivity contribution is 0.0854. The molecule has 1 unspecified atom stereocenters. The monoisotopic (exact) mass is 406 g/mol. The lowest BCUT2D eigenvalue weighted by Crippen LogP contribution is -2.32. The normalized spacial score (nSPS) is 19.1. The number of hydrogen-bond acceptors (Lipinski definition) is 3. The smallest absolute Gasteiger partial charge is 0.261 e. The maximum Gasteiger partial charge on any atom is 0.261 e. The number of benzene rings is 2. The van der Waals surface area contributed by atoms with Crippen molar-refractivity contribution in [2.45, 2.75) is 19.1 Å². The Morgan fingerprint density at radius 3 is 2.83 bits per heavy atom. The van der Waals surface area contributed by atoms with Gasteiger partial charge in [0, 0.05) is 16.3 Å². The Morgan fingerprint density at radius 2 is 2.12 bits per heavy atom. The summed E-state index contributed by atoms with van der Waals surface area (Å²) in [5, 5.41) is 0.936. The minimum absolute atomic E-state index is 0.176. The first kappa shape index (κ1) is 17.2. The molecule has 0 aromatic heterocycles. The quantitative estimate of drug-likeness (QED) is 0.689. The Bertz CT molecular complexity index is 824. The molecule has 1 atom stereocenters. The lowest BCUT2D eigenvalue weighted by atomic mass is 10.2. The maximum atomic E-state index is 13.3. The Hall–Kier alpha value is -1.66. The third-order valence-electron chi connectivity index (χ3n) is 3.61. The van der Waals surface area contributed by atoms with Gasteiger partial charge >= 0.3 is 0 Å². The number of halogens is 2. The van der Waals surface area contributed by atoms with Crippen LogP contribution in [-0.4, -0.2) is 27.8 Å². The van der Waals surface area contributed by atoms with Crippen LogP contribution < -0.4 is 0 Å². The minimum Gasteiger partial charge on any atom is -0.286 e. The van der Waals surface area contributed by atoms with Crippen molar-refractivity contribution in [3.8, 4) is 0 Å². The number of aryl methyl sites for hydroxylation is 1. The number of thioether (sulfide) groups is 1. The van der Waals surface area contributed by atoms with E-state index in [-0.39, 0.29) is 17.0 Å². The average molecular weight is 407 g/mol. The van der Waals surface area contributed by atoms with Crippen LogP contribution in [-0.2, 0) is 0 Å². The molecule has 1 heterocycles. The van der Waals surface area contributed by atoms with Crippen LogP contribution in [0.25, 0.3) is 0 Å². The fourth-order valence-electron chi connectivity index (χ4n) is 2.49. The van der Waals surface area contributed by atoms with Gasteiger partial charge in [0.25, 0.3) is 5.91 Å². The maximum absolute atomic E-state index is 13.3. The number of amidine groups is 1. The third-order valence-corrected chi connectivity index (χ3v) is 5.34. The van der Waals surface area contributed by atoms with Crippen LogP contribution in [0.3, 0.4) is 0 Å². The van der Waals surface area contributed by atoms with Gasteiger partial charge in [-0.25, -0.2) is 9.38 Å². The van der Waals surface area contributed by atoms with Crippen molar-refractivity contribution < 1.29 is 9.18 Å². The topological polar surface area (TPSA) is 32.7 Å². The lowest BCUT2D eigenvalue weighted by Gasteiger charge is -2.17. The van der Waals surface area contributed by atoms with Gasteiger partial charge in [-0.15, -0.1) is 0 Å². The summed E-state index contributed by atoms with van der Waals surface area (Å²) < 4.78 is 13.7. The van der Waals surface area contributed by atoms with E-state index in [0.29, 0.717) is 21.7 Å². The fourth-order valence-corrected chi connectivity index (χ4v) is 4.04. The molecule has 1 aliphatic rings. The molecule has 124 valence electrons. The van der Waals surface area contributed by atoms with Crippen LogP contribution in [0.1, 0.15) is 22.8 Å². The summed E-state index contributed by atoms with van der Waals surface area (Å²) >= 11 is 4.84. The standard InChI is InChI=1S/C18H16BrFN2OS/c1-11-4-3-5-14(8-11)21-18-22(10-12(2)24-18)17(23)15-7-6-13(20)9-16(15)19/h3-9,12H,10H2,1-2H3. The number of rotatable bonds is 2. The number of nitrogens with zero attached hydrogens (tertiary/aromatic N) is 2. The largest absolute Gasteiger partial charge is 0.286 e. The Labute approximate surface area is 153 Å². The van der Waals surface area contributed by atoms with Gasteiger partial charge in [0.1, 0.15) is 5.82 Å². The predicted octanol–water partition coefficient (Wildman–Crippen LogP) is 5.16. The molecule has 1 saturated heterocycles. The Kier molecular flexibility index (Phi) is 5.06. The number of hydrogen-bond donors (Lipinski definition) is 0. The molecule has 0 spiro atoms. The molecular weight excluding hydrogens is 391 g/mol. The first-order valence-electron chi connectivity index (χ1n) is 7.53. The zero-order chi connectivity index (χ0) is 17.3. The van der Waals surface area contributed by atoms with E-state index in [0.717, 1.165) is 11.3 Å². The van der Waals surface area contributed by atoms with E-state index in [1.165, 1.54) is 18.2 Å². The highest BCUT2D eigenvalue weighted by Gasteiger charge is 2.32. The van der Waals surface area contributed by atoms with Gasteiger partial charge in [0.15, 0.2) is 5.17 Å². The molecule has 3 nitrogen and oxygen atoms in total. The average Bonchev–Trinajstić information content (AvgIpc) is 2.87. The second-order valence-electron chi connectivity index (χ2n) is 5.70. The molecule has 0 saturated carbocycles. The van der Waals surface area contributed by atoms with Gasteiger partial charge in [0.2, 0.25) is 0 Å². The van der Waals surface area contributed by atoms with Crippen molar-refractivity contribution in [2.24, 2.45) is 4.99 Å². The molecule has 3 rings (SSSR count). The SMILES string of the molecule is Cc1cccc(N=C2SC(C)CN2C(=O)c2ccc(F)cc2Br)c1. The first-order chi connectivity index (χ1) is 11.4. The summed E-state index contributed by atoms with van der Waals surface area (Å²) in [4.78, 5) is 19.2. The van der Waals surface area contributed by atoms with E-state index in [9.17, 15) is 9.18 Å². The van der Waals surface area contributed by atoms with Gasteiger partial charge < -0.3 is 0 Å². The van der Waals surface area contributed by atoms with Crippen LogP contribution in [0.15, 0.2) is 51.9 Å². The van der Waals surface area contributed by atoms with Crippen molar-refractivity contribution >= 4 is 44.5 Å². The summed E-state index contributed by atoms with van der Waals surface area (Å²) in [5.41, 5.74) is 2.37. The van der Waals surface area contributed by atoms with E-state index in [1.807, 2.05) is 31.2 Å². The van der Waals surface area contributed by atoms with Crippen LogP contribution in [0.2, 0.25) is 0 Å². The van der Waals surface area contributed by atoms with Crippen molar-refractivity contribution in [1.82, 2.24) is 4.90 Å². The van der Waals surface area contributed by atoms with Crippen LogP contribution >= 0.6 is 27.7 Å². The van der Waals surface area contributed by atoms with Crippen molar-refractivity contribution in [3.63, 3.8) is 0 Å². The third kappa shape index (κ3) is 3.70. The number of carbonyl (C=O) groups is 1. The summed E-state index contributed by atoms with van der Waals surface area (Å²) in [6.07, 6.45) is 0. The summed E-state index contributed by atoms with van der Waals surface area (Å²) in [6, 6.07) is 11.9. The molecule has 1 amide bonds. The zero-order valence-corrected chi connectivity index (χ0v) is 15.7. The van der Waals surface area contributed by atoms with Crippen LogP contribution in [0.5, 0.6) is 0 Å². The molecule has 0 bridgehead atoms. The fraction of sp³-hybridized carbons (Fsp3) is 0.222. The molecular formula is C18H16BrFN2OS. The van der Waals surface area contributed by atoms with E-state index in [4.69, 9.17) is 0 Å². The molecule has 1 aliphatic heterocycles. The first-order valence-corrected chi connectivity index (χ1v) is 9.20. The van der Waals surface area contributed by atoms with Gasteiger partial charge in [-0.05, 0) is 58.7 Å². The number of aliphatic imine (C=N–C) groups is 1. The zero-order valence-electron chi connectivity index (χ0n) is 13.3. The Morgan fingerprint density at radius 1 is 1.33 bits per heavy atom. The van der Waals surface area contributed by atoms with E-state index < -0.39 is 0 Å². The van der Waals surface area contributed by atoms with E-state index in [1.54, 1.807) is 16.7 Å². The molecule has 2 aromatic carbocycles. The van der Waals surface area contributed by atoms with E-state index >= 15 is 0 Å². The molecule has 24 heavy (non-hydrogen) atoms. The molecule has 1 fully saturated rings. The number of carbonyl (C=O) groups excluding carboxylic acids is 1. The summed E-state index contributed by atoms with van der Waals surface area (Å²) in [7, 11) is 0. The highest BCUT2D eigenvalue weighted by Crippen LogP contribution is 2.31. The minimum atomic E-state index is -0.378. The molecule has 0 N–H and O–H groups in total. The summed E-state index contributed by atoms with van der Waals surface area (Å²) in [5.74, 6) is -0.554. The van der Waals surface area contributed by atoms with Gasteiger partial charge in [-0.1, -0.05) is 30.8 Å². The van der Waals surface area contributed by atoms with Gasteiger partial charge in [-0.3, -0.25) is 9.69 Å². The van der Waals surface area contributed by atoms with Gasteiger partial charge in [-0.2, -0.15) is 0 Å². The molecule has 6 heteroatoms. The van der Waals surface area contributed by atoms with Gasteiger partial charge in [0.05, 0.1) is 11.3 Å². The molecule has 2 aromatic rings. The molecule has 0 radical (unpaired) electrons. The van der Waals surface area contributed by atoms with Crippen LogP contribution in [0, 0.1) is 12.7 Å². The highest BCUT2D eigenvalue weighted by molar-refractivity contribution is 9.10. The second kappa shape index (κ2) is 7.07. The summed E-state index contributed by atoms with van der Waals surface area (Å²) in [6.45, 7) is 4.65. The van der Waals surface area contributed by atoms with E-state index in [2.05, 4.69) is 27.8 Å². The predicted molar refractivity (Wildman–Crippen MR) is 100 cm³/mol. The van der Waals surface area contributed by atoms with Crippen molar-refractivity contribution in [3.05, 3.63) is 63.9 Å².